The Morgan fingerprint density at radius 1 is 1.13 bits per heavy atom. The van der Waals surface area contributed by atoms with Crippen LogP contribution in [-0.2, 0) is 0 Å². The van der Waals surface area contributed by atoms with Crippen LogP contribution in [0, 0.1) is 5.82 Å². The highest BCUT2D eigenvalue weighted by Gasteiger charge is 2.39. The van der Waals surface area contributed by atoms with Crippen LogP contribution in [-0.4, -0.2) is 67.3 Å². The van der Waals surface area contributed by atoms with Crippen LogP contribution < -0.4 is 4.74 Å². The van der Waals surface area contributed by atoms with Crippen molar-refractivity contribution in [3.05, 3.63) is 66.0 Å². The molecule has 5 nitrogen and oxygen atoms in total. The van der Waals surface area contributed by atoms with Crippen molar-refractivity contribution in [2.24, 2.45) is 0 Å². The third-order valence-corrected chi connectivity index (χ3v) is 5.85. The van der Waals surface area contributed by atoms with Crippen LogP contribution in [0.5, 0.6) is 5.75 Å². The molecule has 1 saturated heterocycles. The molecule has 1 aliphatic heterocycles. The fourth-order valence-electron chi connectivity index (χ4n) is 4.48. The number of amides is 1. The van der Waals surface area contributed by atoms with E-state index in [0.29, 0.717) is 42.9 Å². The molecule has 4 rings (SSSR count). The molecule has 3 aromatic carbocycles. The van der Waals surface area contributed by atoms with Gasteiger partial charge in [0, 0.05) is 30.3 Å². The predicted octanol–water partition coefficient (Wildman–Crippen LogP) is 3.79. The summed E-state index contributed by atoms with van der Waals surface area (Å²) in [6, 6.07) is 15.9. The van der Waals surface area contributed by atoms with Crippen molar-refractivity contribution in [2.45, 2.75) is 12.0 Å². The number of carbonyl (C=O) groups excluding carboxylic acids is 1. The van der Waals surface area contributed by atoms with Gasteiger partial charge in [-0.15, -0.1) is 0 Å². The molecule has 0 radical (unpaired) electrons. The minimum Gasteiger partial charge on any atom is -0.497 e. The summed E-state index contributed by atoms with van der Waals surface area (Å²) in [5.74, 6) is -0.0406. The van der Waals surface area contributed by atoms with Gasteiger partial charge in [-0.2, -0.15) is 0 Å². The molecule has 1 amide bonds. The zero-order chi connectivity index (χ0) is 22.2. The summed E-state index contributed by atoms with van der Waals surface area (Å²) in [6.45, 7) is 1.31. The minimum absolute atomic E-state index is 0.118. The highest BCUT2D eigenvalue weighted by Crippen LogP contribution is 2.35. The maximum Gasteiger partial charge on any atom is 0.254 e. The summed E-state index contributed by atoms with van der Waals surface area (Å²) in [7, 11) is 5.32. The van der Waals surface area contributed by atoms with E-state index in [4.69, 9.17) is 4.74 Å². The topological polar surface area (TPSA) is 53.0 Å². The first-order chi connectivity index (χ1) is 14.8. The van der Waals surface area contributed by atoms with Crippen LogP contribution in [0.4, 0.5) is 4.39 Å². The fraction of sp³-hybridized carbons (Fsp3) is 0.320. The molecule has 3 aromatic rings. The molecule has 0 aliphatic carbocycles. The number of aliphatic hydroxyl groups is 1. The Balaban J connectivity index is 1.72. The highest BCUT2D eigenvalue weighted by atomic mass is 19.1. The van der Waals surface area contributed by atoms with Gasteiger partial charge >= 0.3 is 0 Å². The minimum atomic E-state index is -0.902. The van der Waals surface area contributed by atoms with Crippen LogP contribution in [0.1, 0.15) is 16.8 Å². The molecule has 0 bridgehead atoms. The Kier molecular flexibility index (Phi) is 5.69. The highest BCUT2D eigenvalue weighted by molar-refractivity contribution is 6.11. The fourth-order valence-corrected chi connectivity index (χ4v) is 4.48. The lowest BCUT2D eigenvalue weighted by atomic mass is 9.94. The number of halogens is 1. The number of benzene rings is 3. The van der Waals surface area contributed by atoms with E-state index in [2.05, 4.69) is 0 Å². The van der Waals surface area contributed by atoms with Crippen LogP contribution in [0.15, 0.2) is 54.6 Å². The average molecular weight is 423 g/mol. The van der Waals surface area contributed by atoms with Crippen LogP contribution in [0.25, 0.3) is 21.9 Å². The van der Waals surface area contributed by atoms with Gasteiger partial charge in [-0.25, -0.2) is 4.39 Å². The summed E-state index contributed by atoms with van der Waals surface area (Å²) in [4.78, 5) is 17.0. The largest absolute Gasteiger partial charge is 0.497 e. The van der Waals surface area contributed by atoms with Gasteiger partial charge in [0.25, 0.3) is 5.91 Å². The molecule has 1 fully saturated rings. The molecule has 1 N–H and O–H groups in total. The second-order valence-corrected chi connectivity index (χ2v) is 8.49. The Morgan fingerprint density at radius 2 is 1.84 bits per heavy atom. The zero-order valence-electron chi connectivity index (χ0n) is 18.1. The van der Waals surface area contributed by atoms with Gasteiger partial charge in [-0.05, 0) is 55.1 Å². The van der Waals surface area contributed by atoms with Crippen molar-refractivity contribution in [3.63, 3.8) is 0 Å². The zero-order valence-corrected chi connectivity index (χ0v) is 18.1. The molecule has 31 heavy (non-hydrogen) atoms. The Bertz CT molecular complexity index is 1130. The summed E-state index contributed by atoms with van der Waals surface area (Å²) in [5.41, 5.74) is 0.832. The predicted molar refractivity (Wildman–Crippen MR) is 120 cm³/mol. The number of methoxy groups -OCH3 is 1. The maximum absolute atomic E-state index is 14.8. The van der Waals surface area contributed by atoms with Gasteiger partial charge in [0.2, 0.25) is 0 Å². The van der Waals surface area contributed by atoms with Gasteiger partial charge in [0.05, 0.1) is 19.3 Å². The summed E-state index contributed by atoms with van der Waals surface area (Å²) < 4.78 is 19.9. The standard InChI is InChI=1S/C25H27FN2O3/c1-27(2)15-25(30)12-13-28(16-25)24(29)22-11-10-20(18-6-4-5-7-19(18)22)21-9-8-17(31-3)14-23(21)26/h4-11,14,30H,12-13,15-16H2,1-3H3. The average Bonchev–Trinajstić information content (AvgIpc) is 3.13. The smallest absolute Gasteiger partial charge is 0.254 e. The third-order valence-electron chi connectivity index (χ3n) is 5.85. The van der Waals surface area contributed by atoms with Crippen molar-refractivity contribution < 1.29 is 19.0 Å². The van der Waals surface area contributed by atoms with E-state index in [1.54, 1.807) is 29.2 Å². The Hall–Kier alpha value is -2.96. The number of β-amino-alcohol motifs (C(OH)–C–C–N with tert-alkyl or cyclic N) is 1. The Labute approximate surface area is 181 Å². The first kappa shape index (κ1) is 21.3. The summed E-state index contributed by atoms with van der Waals surface area (Å²) in [6.07, 6.45) is 0.546. The quantitative estimate of drug-likeness (QED) is 0.680. The molecular weight excluding hydrogens is 395 g/mol. The van der Waals surface area contributed by atoms with E-state index < -0.39 is 5.60 Å². The van der Waals surface area contributed by atoms with Crippen molar-refractivity contribution in [3.8, 4) is 16.9 Å². The van der Waals surface area contributed by atoms with Crippen molar-refractivity contribution in [1.82, 2.24) is 9.80 Å². The van der Waals surface area contributed by atoms with Crippen LogP contribution >= 0.6 is 0 Å². The van der Waals surface area contributed by atoms with E-state index in [0.717, 1.165) is 16.3 Å². The molecule has 0 spiro atoms. The lowest BCUT2D eigenvalue weighted by Crippen LogP contribution is -2.43. The second-order valence-electron chi connectivity index (χ2n) is 8.49. The van der Waals surface area contributed by atoms with Gasteiger partial charge < -0.3 is 19.6 Å². The van der Waals surface area contributed by atoms with Crippen molar-refractivity contribution in [2.75, 3.05) is 40.8 Å². The first-order valence-corrected chi connectivity index (χ1v) is 10.3. The number of likely N-dealkylation sites (N-methyl/N-ethyl adjacent to an activating group) is 1. The second kappa shape index (κ2) is 8.29. The SMILES string of the molecule is COc1ccc(-c2ccc(C(=O)N3CCC(O)(CN(C)C)C3)c3ccccc23)c(F)c1. The molecule has 0 aromatic heterocycles. The summed E-state index contributed by atoms with van der Waals surface area (Å²) >= 11 is 0. The molecule has 0 saturated carbocycles. The number of nitrogens with zero attached hydrogens (tertiary/aromatic N) is 2. The van der Waals surface area contributed by atoms with E-state index in [9.17, 15) is 14.3 Å². The summed E-state index contributed by atoms with van der Waals surface area (Å²) in [5, 5.41) is 12.4. The molecule has 1 atom stereocenters. The van der Waals surface area contributed by atoms with E-state index in [1.807, 2.05) is 43.3 Å². The molecule has 1 aliphatic rings. The number of likely N-dealkylation sites (tertiary alicyclic amines) is 1. The first-order valence-electron chi connectivity index (χ1n) is 10.3. The van der Waals surface area contributed by atoms with Crippen LogP contribution in [0.3, 0.4) is 0 Å². The van der Waals surface area contributed by atoms with Gasteiger partial charge in [0.1, 0.15) is 11.6 Å². The third kappa shape index (κ3) is 4.13. The number of carbonyl (C=O) groups is 1. The number of hydrogen-bond acceptors (Lipinski definition) is 4. The van der Waals surface area contributed by atoms with Crippen molar-refractivity contribution >= 4 is 16.7 Å². The van der Waals surface area contributed by atoms with E-state index in [1.165, 1.54) is 13.2 Å². The number of ether oxygens (including phenoxy) is 1. The molecular formula is C25H27FN2O3. The van der Waals surface area contributed by atoms with E-state index in [-0.39, 0.29) is 11.7 Å². The molecule has 162 valence electrons. The molecule has 1 unspecified atom stereocenters. The number of hydrogen-bond donors (Lipinski definition) is 1. The van der Waals surface area contributed by atoms with Crippen molar-refractivity contribution in [1.29, 1.82) is 0 Å². The van der Waals surface area contributed by atoms with Gasteiger partial charge in [-0.3, -0.25) is 4.79 Å². The van der Waals surface area contributed by atoms with Crippen LogP contribution in [0.2, 0.25) is 0 Å². The van der Waals surface area contributed by atoms with Gasteiger partial charge in [0.15, 0.2) is 0 Å². The monoisotopic (exact) mass is 422 g/mol. The normalized spacial score (nSPS) is 18.7. The Morgan fingerprint density at radius 3 is 2.52 bits per heavy atom. The number of fused-ring (bicyclic) bond motifs is 1. The number of rotatable bonds is 5. The maximum atomic E-state index is 14.8. The van der Waals surface area contributed by atoms with Gasteiger partial charge in [-0.1, -0.05) is 30.3 Å². The van der Waals surface area contributed by atoms with E-state index >= 15 is 0 Å². The molecule has 6 heteroatoms. The molecule has 1 heterocycles. The lowest BCUT2D eigenvalue weighted by Gasteiger charge is -2.26. The lowest BCUT2D eigenvalue weighted by molar-refractivity contribution is 0.0236.